The number of likely N-dealkylation sites (tertiary alicyclic amines) is 1. The van der Waals surface area contributed by atoms with Crippen molar-refractivity contribution in [1.29, 1.82) is 0 Å². The van der Waals surface area contributed by atoms with E-state index < -0.39 is 0 Å². The zero-order chi connectivity index (χ0) is 13.8. The van der Waals surface area contributed by atoms with E-state index >= 15 is 0 Å². The first-order valence-corrected chi connectivity index (χ1v) is 7.31. The molecule has 1 fully saturated rings. The van der Waals surface area contributed by atoms with Crippen molar-refractivity contribution in [3.63, 3.8) is 0 Å². The zero-order valence-electron chi connectivity index (χ0n) is 11.1. The smallest absolute Gasteiger partial charge is 0.227 e. The molecule has 0 saturated carbocycles. The second-order valence-corrected chi connectivity index (χ2v) is 5.73. The molecule has 1 saturated heterocycles. The Hall–Kier alpha value is -0.480. The van der Waals surface area contributed by atoms with Crippen LogP contribution in [0.2, 0.25) is 10.0 Å². The summed E-state index contributed by atoms with van der Waals surface area (Å²) in [6.07, 6.45) is 3.51. The van der Waals surface area contributed by atoms with E-state index in [-0.39, 0.29) is 24.4 Å². The molecule has 0 aromatic heterocycles. The second-order valence-electron chi connectivity index (χ2n) is 4.88. The maximum Gasteiger partial charge on any atom is 0.227 e. The predicted molar refractivity (Wildman–Crippen MR) is 85.8 cm³/mol. The molecule has 2 rings (SSSR count). The average Bonchev–Trinajstić information content (AvgIpc) is 2.41. The molecule has 2 N–H and O–H groups in total. The summed E-state index contributed by atoms with van der Waals surface area (Å²) in [5.41, 5.74) is 6.55. The lowest BCUT2D eigenvalue weighted by Crippen LogP contribution is -2.48. The third-order valence-electron chi connectivity index (χ3n) is 3.58. The molecular weight excluding hydrogens is 319 g/mol. The molecule has 3 nitrogen and oxygen atoms in total. The van der Waals surface area contributed by atoms with E-state index in [0.717, 1.165) is 31.4 Å². The summed E-state index contributed by atoms with van der Waals surface area (Å²) in [5, 5.41) is 1.13. The monoisotopic (exact) mass is 336 g/mol. The Kier molecular flexibility index (Phi) is 7.10. The fourth-order valence-electron chi connectivity index (χ4n) is 2.50. The second kappa shape index (κ2) is 8.08. The van der Waals surface area contributed by atoms with Gasteiger partial charge in [0.2, 0.25) is 5.91 Å². The van der Waals surface area contributed by atoms with Crippen molar-refractivity contribution in [2.24, 2.45) is 5.73 Å². The largest absolute Gasteiger partial charge is 0.338 e. The van der Waals surface area contributed by atoms with E-state index in [1.54, 1.807) is 12.1 Å². The number of nitrogens with two attached hydrogens (primary N) is 1. The van der Waals surface area contributed by atoms with Gasteiger partial charge in [0.1, 0.15) is 0 Å². The lowest BCUT2D eigenvalue weighted by Gasteiger charge is -2.35. The predicted octanol–water partition coefficient (Wildman–Crippen LogP) is 3.30. The molecule has 20 heavy (non-hydrogen) atoms. The van der Waals surface area contributed by atoms with Gasteiger partial charge in [0, 0.05) is 29.2 Å². The van der Waals surface area contributed by atoms with Crippen molar-refractivity contribution in [3.8, 4) is 0 Å². The minimum Gasteiger partial charge on any atom is -0.338 e. The number of halogens is 3. The summed E-state index contributed by atoms with van der Waals surface area (Å²) in [6.45, 7) is 1.33. The van der Waals surface area contributed by atoms with Crippen LogP contribution >= 0.6 is 35.6 Å². The van der Waals surface area contributed by atoms with Crippen molar-refractivity contribution < 1.29 is 4.79 Å². The van der Waals surface area contributed by atoms with Crippen LogP contribution in [0.15, 0.2) is 18.2 Å². The first kappa shape index (κ1) is 17.6. The summed E-state index contributed by atoms with van der Waals surface area (Å²) < 4.78 is 0. The molecule has 0 radical (unpaired) electrons. The number of amides is 1. The van der Waals surface area contributed by atoms with Gasteiger partial charge in [-0.25, -0.2) is 0 Å². The number of hydrogen-bond acceptors (Lipinski definition) is 2. The van der Waals surface area contributed by atoms with Gasteiger partial charge in [-0.1, -0.05) is 29.3 Å². The van der Waals surface area contributed by atoms with Crippen LogP contribution in [0.5, 0.6) is 0 Å². The normalized spacial score (nSPS) is 18.6. The highest BCUT2D eigenvalue weighted by molar-refractivity contribution is 6.35. The van der Waals surface area contributed by atoms with Crippen LogP contribution in [0.25, 0.3) is 0 Å². The Morgan fingerprint density at radius 1 is 1.35 bits per heavy atom. The summed E-state index contributed by atoms with van der Waals surface area (Å²) in [6, 6.07) is 5.41. The molecule has 0 spiro atoms. The van der Waals surface area contributed by atoms with Crippen molar-refractivity contribution in [2.45, 2.75) is 31.7 Å². The van der Waals surface area contributed by atoms with Crippen LogP contribution < -0.4 is 5.73 Å². The first-order chi connectivity index (χ1) is 9.11. The van der Waals surface area contributed by atoms with Crippen LogP contribution in [-0.2, 0) is 11.2 Å². The number of rotatable bonds is 3. The van der Waals surface area contributed by atoms with E-state index in [9.17, 15) is 4.79 Å². The highest BCUT2D eigenvalue weighted by Crippen LogP contribution is 2.23. The van der Waals surface area contributed by atoms with Gasteiger partial charge in [0.15, 0.2) is 0 Å². The molecule has 1 atom stereocenters. The fraction of sp³-hybridized carbons (Fsp3) is 0.500. The molecule has 112 valence electrons. The number of carbonyl (C=O) groups excluding carboxylic acids is 1. The van der Waals surface area contributed by atoms with Crippen molar-refractivity contribution in [1.82, 2.24) is 4.90 Å². The molecule has 6 heteroatoms. The van der Waals surface area contributed by atoms with Gasteiger partial charge in [-0.3, -0.25) is 4.79 Å². The van der Waals surface area contributed by atoms with Gasteiger partial charge >= 0.3 is 0 Å². The van der Waals surface area contributed by atoms with E-state index in [1.807, 2.05) is 11.0 Å². The summed E-state index contributed by atoms with van der Waals surface area (Å²) >= 11 is 12.0. The summed E-state index contributed by atoms with van der Waals surface area (Å²) in [7, 11) is 0. The van der Waals surface area contributed by atoms with E-state index in [4.69, 9.17) is 28.9 Å². The molecule has 1 amide bonds. The minimum absolute atomic E-state index is 0. The Bertz CT molecular complexity index is 468. The highest BCUT2D eigenvalue weighted by Gasteiger charge is 2.25. The van der Waals surface area contributed by atoms with Crippen LogP contribution in [0.4, 0.5) is 0 Å². The summed E-state index contributed by atoms with van der Waals surface area (Å²) in [5.74, 6) is 0.0966. The Morgan fingerprint density at radius 3 is 2.75 bits per heavy atom. The molecule has 1 aromatic carbocycles. The van der Waals surface area contributed by atoms with E-state index in [2.05, 4.69) is 0 Å². The molecule has 1 aromatic rings. The summed E-state index contributed by atoms with van der Waals surface area (Å²) in [4.78, 5) is 14.2. The standard InChI is InChI=1S/C14H18Cl2N2O.ClH/c15-11-5-4-10(13(16)8-11)7-14(19)18-6-2-1-3-12(18)9-17;/h4-5,8,12H,1-3,6-7,9,17H2;1H. The average molecular weight is 338 g/mol. The SMILES string of the molecule is Cl.NCC1CCCCN1C(=O)Cc1ccc(Cl)cc1Cl. The maximum absolute atomic E-state index is 12.4. The number of carbonyl (C=O) groups is 1. The lowest BCUT2D eigenvalue weighted by molar-refractivity contribution is -0.133. The zero-order valence-corrected chi connectivity index (χ0v) is 13.5. The Labute approximate surface area is 135 Å². The molecule has 1 heterocycles. The van der Waals surface area contributed by atoms with Gasteiger partial charge in [0.05, 0.1) is 6.42 Å². The topological polar surface area (TPSA) is 46.3 Å². The van der Waals surface area contributed by atoms with Gasteiger partial charge in [-0.15, -0.1) is 12.4 Å². The third-order valence-corrected chi connectivity index (χ3v) is 4.16. The van der Waals surface area contributed by atoms with Gasteiger partial charge < -0.3 is 10.6 Å². The Balaban J connectivity index is 0.00000200. The molecule has 0 bridgehead atoms. The highest BCUT2D eigenvalue weighted by atomic mass is 35.5. The minimum atomic E-state index is 0. The number of piperidine rings is 1. The number of nitrogens with zero attached hydrogens (tertiary/aromatic N) is 1. The Morgan fingerprint density at radius 2 is 2.10 bits per heavy atom. The molecule has 1 aliphatic heterocycles. The van der Waals surface area contributed by atoms with Crippen LogP contribution in [-0.4, -0.2) is 29.9 Å². The van der Waals surface area contributed by atoms with Crippen molar-refractivity contribution in [2.75, 3.05) is 13.1 Å². The lowest BCUT2D eigenvalue weighted by atomic mass is 10.0. The van der Waals surface area contributed by atoms with Crippen LogP contribution in [0, 0.1) is 0 Å². The molecule has 1 unspecified atom stereocenters. The van der Waals surface area contributed by atoms with Crippen molar-refractivity contribution >= 4 is 41.5 Å². The molecule has 1 aliphatic rings. The fourth-order valence-corrected chi connectivity index (χ4v) is 2.98. The van der Waals surface area contributed by atoms with Gasteiger partial charge in [-0.05, 0) is 37.0 Å². The number of hydrogen-bond donors (Lipinski definition) is 1. The van der Waals surface area contributed by atoms with Crippen molar-refractivity contribution in [3.05, 3.63) is 33.8 Å². The number of benzene rings is 1. The van der Waals surface area contributed by atoms with Crippen LogP contribution in [0.3, 0.4) is 0 Å². The van der Waals surface area contributed by atoms with Gasteiger partial charge in [0.25, 0.3) is 0 Å². The van der Waals surface area contributed by atoms with Crippen LogP contribution in [0.1, 0.15) is 24.8 Å². The molecule has 0 aliphatic carbocycles. The van der Waals surface area contributed by atoms with E-state index in [0.29, 0.717) is 23.0 Å². The maximum atomic E-state index is 12.4. The first-order valence-electron chi connectivity index (χ1n) is 6.55. The third kappa shape index (κ3) is 4.26. The van der Waals surface area contributed by atoms with Gasteiger partial charge in [-0.2, -0.15) is 0 Å². The van der Waals surface area contributed by atoms with E-state index in [1.165, 1.54) is 0 Å². The molecular formula is C14H19Cl3N2O. The quantitative estimate of drug-likeness (QED) is 0.920.